The second kappa shape index (κ2) is 4.19. The first-order chi connectivity index (χ1) is 6.68. The average Bonchev–Trinajstić information content (AvgIpc) is 2.07. The minimum atomic E-state index is -1.48. The maximum atomic E-state index is 4.59. The summed E-state index contributed by atoms with van der Waals surface area (Å²) in [7, 11) is -1.48. The van der Waals surface area contributed by atoms with E-state index in [9.17, 15) is 0 Å². The van der Waals surface area contributed by atoms with Gasteiger partial charge in [-0.15, -0.1) is 25.3 Å². The largest absolute Gasteiger partial charge is 0.142 e. The molecule has 0 aromatic heterocycles. The van der Waals surface area contributed by atoms with Crippen LogP contribution in [0.15, 0.2) is 28.0 Å². The molecule has 0 saturated heterocycles. The number of hydrogen-bond acceptors (Lipinski definition) is 2. The molecule has 0 heterocycles. The molecular weight excluding hydrogens is 236 g/mol. The van der Waals surface area contributed by atoms with Crippen molar-refractivity contribution in [2.45, 2.75) is 48.7 Å². The Kier molecular flexibility index (Phi) is 3.69. The Hall–Kier alpha value is 0.137. The van der Waals surface area contributed by atoms with E-state index in [1.165, 1.54) is 5.19 Å². The van der Waals surface area contributed by atoms with Crippen molar-refractivity contribution in [3.8, 4) is 0 Å². The van der Waals surface area contributed by atoms with Crippen LogP contribution in [-0.4, -0.2) is 8.07 Å². The van der Waals surface area contributed by atoms with Gasteiger partial charge in [0.25, 0.3) is 0 Å². The molecule has 0 bridgehead atoms. The predicted octanol–water partition coefficient (Wildman–Crippen LogP) is 3.98. The molecule has 1 aromatic rings. The van der Waals surface area contributed by atoms with Gasteiger partial charge in [-0.05, 0) is 16.3 Å². The molecule has 0 unspecified atom stereocenters. The zero-order valence-corrected chi connectivity index (χ0v) is 12.9. The number of rotatable bonds is 1. The van der Waals surface area contributed by atoms with E-state index in [1.54, 1.807) is 0 Å². The van der Waals surface area contributed by atoms with Gasteiger partial charge in [-0.3, -0.25) is 0 Å². The minimum Gasteiger partial charge on any atom is -0.142 e. The summed E-state index contributed by atoms with van der Waals surface area (Å²) in [6.07, 6.45) is 0. The lowest BCUT2D eigenvalue weighted by Crippen LogP contribution is -2.50. The van der Waals surface area contributed by atoms with E-state index in [2.05, 4.69) is 71.3 Å². The summed E-state index contributed by atoms with van der Waals surface area (Å²) in [6, 6.07) is 6.29. The lowest BCUT2D eigenvalue weighted by molar-refractivity contribution is 0.728. The van der Waals surface area contributed by atoms with Crippen molar-refractivity contribution in [2.75, 3.05) is 0 Å². The summed E-state index contributed by atoms with van der Waals surface area (Å²) in [6.45, 7) is 11.7. The minimum absolute atomic E-state index is 0.339. The van der Waals surface area contributed by atoms with Crippen molar-refractivity contribution in [3.63, 3.8) is 0 Å². The lowest BCUT2D eigenvalue weighted by atomic mass is 10.2. The third-order valence-corrected chi connectivity index (χ3v) is 10.3. The fourth-order valence-electron chi connectivity index (χ4n) is 1.44. The van der Waals surface area contributed by atoms with Crippen LogP contribution in [0, 0.1) is 0 Å². The molecule has 1 rings (SSSR count). The zero-order valence-electron chi connectivity index (χ0n) is 10.1. The molecule has 0 amide bonds. The van der Waals surface area contributed by atoms with Gasteiger partial charge in [-0.1, -0.05) is 46.0 Å². The van der Waals surface area contributed by atoms with Gasteiger partial charge >= 0.3 is 0 Å². The Morgan fingerprint density at radius 3 is 2.07 bits per heavy atom. The summed E-state index contributed by atoms with van der Waals surface area (Å²) in [5.41, 5.74) is 0. The second-order valence-electron chi connectivity index (χ2n) is 5.55. The summed E-state index contributed by atoms with van der Waals surface area (Å²) < 4.78 is 0. The molecule has 0 radical (unpaired) electrons. The summed E-state index contributed by atoms with van der Waals surface area (Å²) in [4.78, 5) is 2.05. The maximum Gasteiger partial charge on any atom is 0.0874 e. The third kappa shape index (κ3) is 2.45. The van der Waals surface area contributed by atoms with Gasteiger partial charge in [0.05, 0.1) is 8.07 Å². The SMILES string of the molecule is CC(C)(C)[Si](C)(C)c1cccc(S)c1S. The molecule has 0 saturated carbocycles. The summed E-state index contributed by atoms with van der Waals surface area (Å²) in [5, 5.41) is 1.75. The molecule has 0 fully saturated rings. The van der Waals surface area contributed by atoms with Crippen molar-refractivity contribution in [2.24, 2.45) is 0 Å². The van der Waals surface area contributed by atoms with Gasteiger partial charge in [0.2, 0.25) is 0 Å². The molecule has 84 valence electrons. The van der Waals surface area contributed by atoms with Crippen LogP contribution < -0.4 is 5.19 Å². The van der Waals surface area contributed by atoms with Crippen LogP contribution in [-0.2, 0) is 0 Å². The van der Waals surface area contributed by atoms with Crippen molar-refractivity contribution in [1.29, 1.82) is 0 Å². The second-order valence-corrected chi connectivity index (χ2v) is 11.8. The van der Waals surface area contributed by atoms with Gasteiger partial charge in [-0.25, -0.2) is 0 Å². The van der Waals surface area contributed by atoms with E-state index in [0.29, 0.717) is 5.04 Å². The molecule has 0 aliphatic rings. The van der Waals surface area contributed by atoms with Crippen LogP contribution in [0.5, 0.6) is 0 Å². The molecule has 0 aliphatic heterocycles. The van der Waals surface area contributed by atoms with Crippen LogP contribution in [0.1, 0.15) is 20.8 Å². The first-order valence-electron chi connectivity index (χ1n) is 5.19. The van der Waals surface area contributed by atoms with Gasteiger partial charge < -0.3 is 0 Å². The summed E-state index contributed by atoms with van der Waals surface area (Å²) >= 11 is 9.04. The Bertz CT molecular complexity index is 364. The topological polar surface area (TPSA) is 0 Å². The molecule has 1 aromatic carbocycles. The Morgan fingerprint density at radius 1 is 1.07 bits per heavy atom. The van der Waals surface area contributed by atoms with Crippen LogP contribution >= 0.6 is 25.3 Å². The highest BCUT2D eigenvalue weighted by atomic mass is 32.1. The third-order valence-electron chi connectivity index (χ3n) is 3.56. The molecule has 0 aliphatic carbocycles. The smallest absolute Gasteiger partial charge is 0.0874 e. The lowest BCUT2D eigenvalue weighted by Gasteiger charge is -2.38. The fraction of sp³-hybridized carbons (Fsp3) is 0.500. The van der Waals surface area contributed by atoms with Gasteiger partial charge in [0, 0.05) is 9.79 Å². The molecule has 0 spiro atoms. The van der Waals surface area contributed by atoms with E-state index in [-0.39, 0.29) is 0 Å². The van der Waals surface area contributed by atoms with Crippen molar-refractivity contribution < 1.29 is 0 Å². The van der Waals surface area contributed by atoms with E-state index in [1.807, 2.05) is 6.07 Å². The highest BCUT2D eigenvalue weighted by Gasteiger charge is 2.38. The quantitative estimate of drug-likeness (QED) is 0.551. The number of thiol groups is 2. The van der Waals surface area contributed by atoms with Crippen LogP contribution in [0.2, 0.25) is 18.1 Å². The average molecular weight is 257 g/mol. The van der Waals surface area contributed by atoms with Crippen molar-refractivity contribution >= 4 is 38.5 Å². The number of hydrogen-bond donors (Lipinski definition) is 2. The Balaban J connectivity index is 3.34. The first-order valence-corrected chi connectivity index (χ1v) is 9.09. The monoisotopic (exact) mass is 256 g/mol. The Morgan fingerprint density at radius 2 is 1.60 bits per heavy atom. The number of benzene rings is 1. The maximum absolute atomic E-state index is 4.59. The van der Waals surface area contributed by atoms with Crippen LogP contribution in [0.3, 0.4) is 0 Å². The first kappa shape index (κ1) is 13.2. The van der Waals surface area contributed by atoms with Crippen LogP contribution in [0.4, 0.5) is 0 Å². The van der Waals surface area contributed by atoms with Crippen LogP contribution in [0.25, 0.3) is 0 Å². The van der Waals surface area contributed by atoms with Crippen molar-refractivity contribution in [3.05, 3.63) is 18.2 Å². The van der Waals surface area contributed by atoms with Crippen molar-refractivity contribution in [1.82, 2.24) is 0 Å². The zero-order chi connectivity index (χ0) is 11.9. The highest BCUT2D eigenvalue weighted by Crippen LogP contribution is 2.37. The highest BCUT2D eigenvalue weighted by molar-refractivity contribution is 7.83. The van der Waals surface area contributed by atoms with Gasteiger partial charge in [0.1, 0.15) is 0 Å². The van der Waals surface area contributed by atoms with E-state index in [4.69, 9.17) is 0 Å². The van der Waals surface area contributed by atoms with Gasteiger partial charge in [-0.2, -0.15) is 0 Å². The molecule has 3 heteroatoms. The molecule has 0 atom stereocenters. The Labute approximate surface area is 105 Å². The summed E-state index contributed by atoms with van der Waals surface area (Å²) in [5.74, 6) is 0. The molecule has 15 heavy (non-hydrogen) atoms. The standard InChI is InChI=1S/C12H20S2Si/c1-12(2,3)15(4,5)10-8-6-7-9(13)11(10)14/h6-8,13-14H,1-5H3. The van der Waals surface area contributed by atoms with E-state index < -0.39 is 8.07 Å². The predicted molar refractivity (Wildman–Crippen MR) is 77.8 cm³/mol. The van der Waals surface area contributed by atoms with E-state index in [0.717, 1.165) is 9.79 Å². The fourth-order valence-corrected chi connectivity index (χ4v) is 4.79. The normalized spacial score (nSPS) is 13.0. The van der Waals surface area contributed by atoms with Gasteiger partial charge in [0.15, 0.2) is 0 Å². The van der Waals surface area contributed by atoms with E-state index >= 15 is 0 Å². The molecular formula is C12H20S2Si. The molecule has 0 nitrogen and oxygen atoms in total. The molecule has 0 N–H and O–H groups in total.